The van der Waals surface area contributed by atoms with Crippen LogP contribution in [0.5, 0.6) is 0 Å². The maximum absolute atomic E-state index is 12.5. The van der Waals surface area contributed by atoms with E-state index < -0.39 is 17.8 Å². The van der Waals surface area contributed by atoms with E-state index in [4.69, 9.17) is 0 Å². The molecule has 1 aliphatic heterocycles. The monoisotopic (exact) mass is 366 g/mol. The van der Waals surface area contributed by atoms with Crippen molar-refractivity contribution in [3.8, 4) is 0 Å². The number of hydrogen-bond donors (Lipinski definition) is 2. The molecule has 0 saturated carbocycles. The zero-order valence-electron chi connectivity index (χ0n) is 15.4. The second-order valence-electron chi connectivity index (χ2n) is 6.16. The number of imide groups is 1. The van der Waals surface area contributed by atoms with Gasteiger partial charge in [-0.2, -0.15) is 0 Å². The van der Waals surface area contributed by atoms with E-state index in [0.29, 0.717) is 5.69 Å². The van der Waals surface area contributed by atoms with Gasteiger partial charge in [-0.25, -0.2) is 9.69 Å². The van der Waals surface area contributed by atoms with Crippen LogP contribution in [0.3, 0.4) is 0 Å². The molecule has 0 bridgehead atoms. The number of rotatable bonds is 6. The number of amides is 4. The van der Waals surface area contributed by atoms with Crippen molar-refractivity contribution in [1.82, 2.24) is 14.8 Å². The van der Waals surface area contributed by atoms with Crippen LogP contribution >= 0.6 is 0 Å². The third-order valence-electron chi connectivity index (χ3n) is 4.43. The van der Waals surface area contributed by atoms with Crippen molar-refractivity contribution in [1.29, 1.82) is 0 Å². The molecule has 1 aromatic heterocycles. The minimum Gasteiger partial charge on any atom is -0.348 e. The number of benzene rings is 1. The van der Waals surface area contributed by atoms with E-state index in [2.05, 4.69) is 10.6 Å². The van der Waals surface area contributed by atoms with Crippen molar-refractivity contribution < 1.29 is 14.4 Å². The summed E-state index contributed by atoms with van der Waals surface area (Å²) in [7, 11) is 0. The maximum atomic E-state index is 12.5. The highest BCUT2D eigenvalue weighted by Crippen LogP contribution is 2.17. The Kier molecular flexibility index (Phi) is 5.40. The van der Waals surface area contributed by atoms with E-state index in [0.717, 1.165) is 29.1 Å². The molecule has 3 rings (SSSR count). The highest BCUT2D eigenvalue weighted by Gasteiger charge is 2.35. The van der Waals surface area contributed by atoms with Gasteiger partial charge < -0.3 is 15.2 Å². The van der Waals surface area contributed by atoms with E-state index in [1.54, 1.807) is 12.1 Å². The fraction of sp³-hybridized carbons (Fsp3) is 0.250. The summed E-state index contributed by atoms with van der Waals surface area (Å²) in [5, 5.41) is 5.31. The van der Waals surface area contributed by atoms with Crippen molar-refractivity contribution in [2.24, 2.45) is 0 Å². The fourth-order valence-corrected chi connectivity index (χ4v) is 2.99. The van der Waals surface area contributed by atoms with Gasteiger partial charge >= 0.3 is 6.03 Å². The third kappa shape index (κ3) is 3.92. The fourth-order valence-electron chi connectivity index (χ4n) is 2.99. The smallest absolute Gasteiger partial charge is 0.329 e. The Hall–Kier alpha value is -3.35. The summed E-state index contributed by atoms with van der Waals surface area (Å²) in [6, 6.07) is 10.6. The van der Waals surface area contributed by atoms with Crippen LogP contribution in [-0.2, 0) is 22.6 Å². The van der Waals surface area contributed by atoms with E-state index in [-0.39, 0.29) is 12.2 Å². The Morgan fingerprint density at radius 2 is 1.93 bits per heavy atom. The maximum Gasteiger partial charge on any atom is 0.329 e. The number of hydrogen-bond acceptors (Lipinski definition) is 3. The van der Waals surface area contributed by atoms with Crippen LogP contribution in [0.25, 0.3) is 6.08 Å². The molecule has 2 N–H and O–H groups in total. The Balaban J connectivity index is 1.71. The van der Waals surface area contributed by atoms with Crippen molar-refractivity contribution in [3.63, 3.8) is 0 Å². The van der Waals surface area contributed by atoms with Gasteiger partial charge in [0.25, 0.3) is 5.91 Å². The van der Waals surface area contributed by atoms with Gasteiger partial charge in [0.15, 0.2) is 0 Å². The summed E-state index contributed by atoms with van der Waals surface area (Å²) in [6.45, 7) is 4.39. The van der Waals surface area contributed by atoms with Gasteiger partial charge in [-0.1, -0.05) is 25.1 Å². The predicted octanol–water partition coefficient (Wildman–Crippen LogP) is 2.60. The number of nitrogens with zero attached hydrogens (tertiary/aromatic N) is 2. The lowest BCUT2D eigenvalue weighted by Gasteiger charge is -2.13. The van der Waals surface area contributed by atoms with Crippen molar-refractivity contribution in [2.75, 3.05) is 11.9 Å². The van der Waals surface area contributed by atoms with Gasteiger partial charge in [0.05, 0.1) is 0 Å². The SMILES string of the molecule is CCc1ccccc1NC(=O)CN1C(=O)N/C(=C/c2cccn2CC)C1=O. The standard InChI is InChI=1S/C20H22N4O3/c1-3-14-8-5-6-10-16(14)21-18(25)13-24-19(26)17(22-20(24)27)12-15-9-7-11-23(15)4-2/h5-12H,3-4,13H2,1-2H3,(H,21,25)(H,22,27)/b17-12+. The molecule has 7 heteroatoms. The normalized spacial score (nSPS) is 15.3. The first-order valence-electron chi connectivity index (χ1n) is 8.91. The van der Waals surface area contributed by atoms with Crippen LogP contribution in [-0.4, -0.2) is 33.9 Å². The molecule has 1 aromatic carbocycles. The Morgan fingerprint density at radius 3 is 2.67 bits per heavy atom. The number of urea groups is 1. The molecular weight excluding hydrogens is 344 g/mol. The molecule has 0 aliphatic carbocycles. The first-order valence-corrected chi connectivity index (χ1v) is 8.91. The molecule has 0 atom stereocenters. The number of nitrogens with one attached hydrogen (secondary N) is 2. The quantitative estimate of drug-likeness (QED) is 0.609. The average Bonchev–Trinajstić information content (AvgIpc) is 3.22. The van der Waals surface area contributed by atoms with Crippen molar-refractivity contribution >= 4 is 29.6 Å². The van der Waals surface area contributed by atoms with E-state index in [1.165, 1.54) is 0 Å². The number of carbonyl (C=O) groups excluding carboxylic acids is 3. The summed E-state index contributed by atoms with van der Waals surface area (Å²) in [6.07, 6.45) is 4.28. The Labute approximate surface area is 157 Å². The Morgan fingerprint density at radius 1 is 1.15 bits per heavy atom. The third-order valence-corrected chi connectivity index (χ3v) is 4.43. The largest absolute Gasteiger partial charge is 0.348 e. The lowest BCUT2D eigenvalue weighted by atomic mass is 10.1. The highest BCUT2D eigenvalue weighted by atomic mass is 16.2. The molecule has 140 valence electrons. The lowest BCUT2D eigenvalue weighted by molar-refractivity contribution is -0.127. The van der Waals surface area contributed by atoms with Crippen LogP contribution in [0.1, 0.15) is 25.1 Å². The average molecular weight is 366 g/mol. The molecule has 2 heterocycles. The molecule has 27 heavy (non-hydrogen) atoms. The number of para-hydroxylation sites is 1. The summed E-state index contributed by atoms with van der Waals surface area (Å²) in [5.41, 5.74) is 2.65. The molecule has 4 amide bonds. The van der Waals surface area contributed by atoms with Gasteiger partial charge in [0, 0.05) is 24.1 Å². The van der Waals surface area contributed by atoms with Gasteiger partial charge in [-0.15, -0.1) is 0 Å². The minimum atomic E-state index is -0.597. The van der Waals surface area contributed by atoms with Crippen molar-refractivity contribution in [2.45, 2.75) is 26.8 Å². The molecule has 0 unspecified atom stereocenters. The lowest BCUT2D eigenvalue weighted by Crippen LogP contribution is -2.38. The van der Waals surface area contributed by atoms with Crippen molar-refractivity contribution in [3.05, 3.63) is 59.5 Å². The van der Waals surface area contributed by atoms with Crippen LogP contribution < -0.4 is 10.6 Å². The Bertz CT molecular complexity index is 913. The van der Waals surface area contributed by atoms with Gasteiger partial charge in [-0.3, -0.25) is 9.59 Å². The van der Waals surface area contributed by atoms with Gasteiger partial charge in [-0.05, 0) is 43.2 Å². The number of anilines is 1. The van der Waals surface area contributed by atoms with Crippen LogP contribution in [0.15, 0.2) is 48.3 Å². The zero-order valence-corrected chi connectivity index (χ0v) is 15.4. The second kappa shape index (κ2) is 7.90. The number of carbonyl (C=O) groups is 3. The summed E-state index contributed by atoms with van der Waals surface area (Å²) >= 11 is 0. The number of aromatic nitrogens is 1. The first-order chi connectivity index (χ1) is 13.0. The topological polar surface area (TPSA) is 83.4 Å². The minimum absolute atomic E-state index is 0.162. The molecule has 1 saturated heterocycles. The zero-order chi connectivity index (χ0) is 19.4. The molecule has 0 radical (unpaired) electrons. The molecule has 7 nitrogen and oxygen atoms in total. The van der Waals surface area contributed by atoms with E-state index in [1.807, 2.05) is 54.9 Å². The highest BCUT2D eigenvalue weighted by molar-refractivity contribution is 6.15. The summed E-state index contributed by atoms with van der Waals surface area (Å²) in [5.74, 6) is -0.930. The molecule has 2 aromatic rings. The first kappa shape index (κ1) is 18.4. The van der Waals surface area contributed by atoms with Crippen LogP contribution in [0.4, 0.5) is 10.5 Å². The molecule has 0 spiro atoms. The second-order valence-corrected chi connectivity index (χ2v) is 6.16. The predicted molar refractivity (Wildman–Crippen MR) is 103 cm³/mol. The van der Waals surface area contributed by atoms with Gasteiger partial charge in [0.2, 0.25) is 5.91 Å². The van der Waals surface area contributed by atoms with Crippen LogP contribution in [0, 0.1) is 0 Å². The summed E-state index contributed by atoms with van der Waals surface area (Å²) in [4.78, 5) is 37.9. The molecule has 1 fully saturated rings. The van der Waals surface area contributed by atoms with Gasteiger partial charge in [0.1, 0.15) is 12.2 Å². The number of aryl methyl sites for hydroxylation is 2. The van der Waals surface area contributed by atoms with Crippen LogP contribution in [0.2, 0.25) is 0 Å². The summed E-state index contributed by atoms with van der Waals surface area (Å²) < 4.78 is 1.95. The van der Waals surface area contributed by atoms with E-state index >= 15 is 0 Å². The molecular formula is C20H22N4O3. The van der Waals surface area contributed by atoms with E-state index in [9.17, 15) is 14.4 Å². The molecule has 1 aliphatic rings.